The van der Waals surface area contributed by atoms with E-state index in [1.165, 1.54) is 36.9 Å². The molecule has 0 amide bonds. The van der Waals surface area contributed by atoms with E-state index in [-0.39, 0.29) is 22.6 Å². The zero-order chi connectivity index (χ0) is 22.9. The summed E-state index contributed by atoms with van der Waals surface area (Å²) in [6, 6.07) is 7.14. The van der Waals surface area contributed by atoms with Crippen LogP contribution in [0.25, 0.3) is 0 Å². The lowest BCUT2D eigenvalue weighted by molar-refractivity contribution is 0.0588. The van der Waals surface area contributed by atoms with Crippen molar-refractivity contribution in [2.75, 3.05) is 21.3 Å². The van der Waals surface area contributed by atoms with Gasteiger partial charge in [-0.25, -0.2) is 9.59 Å². The molecule has 0 unspecified atom stereocenters. The molecule has 1 aromatic carbocycles. The highest BCUT2D eigenvalue weighted by atomic mass is 32.1. The Bertz CT molecular complexity index is 1060. The number of thiophene rings is 2. The SMILES string of the molecule is COC(=O)c1c(C)sc(C(c2ccc(OC)cc2)c2sc(C)c(C(=O)OC)c2O)c1O. The lowest BCUT2D eigenvalue weighted by Crippen LogP contribution is -2.04. The van der Waals surface area contributed by atoms with Gasteiger partial charge in [-0.2, -0.15) is 0 Å². The normalized spacial score (nSPS) is 10.9. The van der Waals surface area contributed by atoms with Gasteiger partial charge in [0.05, 0.1) is 37.0 Å². The minimum absolute atomic E-state index is 0.0852. The average Bonchev–Trinajstić information content (AvgIpc) is 3.22. The molecule has 2 aromatic heterocycles. The second-order valence-corrected chi connectivity index (χ2v) is 9.19. The zero-order valence-corrected chi connectivity index (χ0v) is 19.3. The first-order valence-corrected chi connectivity index (χ1v) is 10.8. The number of ether oxygens (including phenoxy) is 3. The van der Waals surface area contributed by atoms with Crippen molar-refractivity contribution in [3.05, 3.63) is 60.5 Å². The van der Waals surface area contributed by atoms with Crippen LogP contribution >= 0.6 is 22.7 Å². The number of hydrogen-bond donors (Lipinski definition) is 2. The third kappa shape index (κ3) is 3.98. The number of aryl methyl sites for hydroxylation is 2. The van der Waals surface area contributed by atoms with Crippen molar-refractivity contribution in [2.24, 2.45) is 0 Å². The van der Waals surface area contributed by atoms with Crippen molar-refractivity contribution < 1.29 is 34.0 Å². The largest absolute Gasteiger partial charge is 0.506 e. The molecule has 0 aliphatic heterocycles. The van der Waals surface area contributed by atoms with Crippen LogP contribution in [0, 0.1) is 13.8 Å². The Morgan fingerprint density at radius 1 is 0.806 bits per heavy atom. The average molecular weight is 463 g/mol. The zero-order valence-electron chi connectivity index (χ0n) is 17.6. The van der Waals surface area contributed by atoms with E-state index in [0.29, 0.717) is 25.3 Å². The second-order valence-electron chi connectivity index (χ2n) is 6.68. The summed E-state index contributed by atoms with van der Waals surface area (Å²) in [5, 5.41) is 21.9. The third-order valence-corrected chi connectivity index (χ3v) is 7.24. The Balaban J connectivity index is 2.28. The summed E-state index contributed by atoms with van der Waals surface area (Å²) in [4.78, 5) is 26.5. The summed E-state index contributed by atoms with van der Waals surface area (Å²) in [5.41, 5.74) is 0.908. The van der Waals surface area contributed by atoms with E-state index < -0.39 is 17.9 Å². The van der Waals surface area contributed by atoms with Gasteiger partial charge in [0.2, 0.25) is 0 Å². The van der Waals surface area contributed by atoms with Crippen LogP contribution in [-0.2, 0) is 9.47 Å². The molecule has 31 heavy (non-hydrogen) atoms. The Hall–Kier alpha value is -3.04. The molecule has 3 rings (SSSR count). The molecule has 3 aromatic rings. The fourth-order valence-electron chi connectivity index (χ4n) is 3.40. The lowest BCUT2D eigenvalue weighted by Gasteiger charge is -2.17. The monoisotopic (exact) mass is 462 g/mol. The van der Waals surface area contributed by atoms with E-state index in [2.05, 4.69) is 0 Å². The maximum absolute atomic E-state index is 12.2. The highest BCUT2D eigenvalue weighted by molar-refractivity contribution is 7.14. The van der Waals surface area contributed by atoms with Crippen molar-refractivity contribution in [2.45, 2.75) is 19.8 Å². The summed E-state index contributed by atoms with van der Waals surface area (Å²) in [7, 11) is 4.05. The predicted octanol–water partition coefficient (Wildman–Crippen LogP) is 4.60. The van der Waals surface area contributed by atoms with Crippen LogP contribution in [0.1, 0.15) is 51.7 Å². The number of esters is 2. The summed E-state index contributed by atoms with van der Waals surface area (Å²) < 4.78 is 14.8. The first-order valence-electron chi connectivity index (χ1n) is 9.20. The smallest absolute Gasteiger partial charge is 0.342 e. The van der Waals surface area contributed by atoms with Gasteiger partial charge in [-0.3, -0.25) is 0 Å². The molecule has 0 radical (unpaired) electrons. The van der Waals surface area contributed by atoms with Crippen LogP contribution in [0.4, 0.5) is 0 Å². The van der Waals surface area contributed by atoms with Crippen molar-refractivity contribution in [1.82, 2.24) is 0 Å². The number of benzene rings is 1. The predicted molar refractivity (Wildman–Crippen MR) is 118 cm³/mol. The van der Waals surface area contributed by atoms with Crippen LogP contribution in [0.5, 0.6) is 17.2 Å². The highest BCUT2D eigenvalue weighted by Gasteiger charge is 2.34. The second kappa shape index (κ2) is 8.99. The molecule has 0 atom stereocenters. The van der Waals surface area contributed by atoms with Crippen molar-refractivity contribution in [3.8, 4) is 17.2 Å². The Kier molecular flexibility index (Phi) is 6.56. The number of carbonyl (C=O) groups is 2. The number of aromatic hydroxyl groups is 2. The van der Waals surface area contributed by atoms with E-state index in [0.717, 1.165) is 5.56 Å². The molecule has 0 saturated carbocycles. The Morgan fingerprint density at radius 2 is 1.23 bits per heavy atom. The van der Waals surface area contributed by atoms with E-state index in [9.17, 15) is 19.8 Å². The van der Waals surface area contributed by atoms with E-state index in [1.54, 1.807) is 33.1 Å². The first-order chi connectivity index (χ1) is 14.7. The Labute approximate surface area is 187 Å². The van der Waals surface area contributed by atoms with Gasteiger partial charge in [0.15, 0.2) is 0 Å². The summed E-state index contributed by atoms with van der Waals surface area (Å²) in [5.74, 6) is -1.69. The van der Waals surface area contributed by atoms with E-state index in [4.69, 9.17) is 14.2 Å². The van der Waals surface area contributed by atoms with Gasteiger partial charge in [0, 0.05) is 9.75 Å². The molecule has 7 nitrogen and oxygen atoms in total. The third-order valence-electron chi connectivity index (χ3n) is 4.92. The van der Waals surface area contributed by atoms with Crippen LogP contribution in [-0.4, -0.2) is 43.5 Å². The topological polar surface area (TPSA) is 102 Å². The summed E-state index contributed by atoms with van der Waals surface area (Å²) in [6.07, 6.45) is 0. The quantitative estimate of drug-likeness (QED) is 0.516. The van der Waals surface area contributed by atoms with Gasteiger partial charge < -0.3 is 24.4 Å². The molecule has 0 fully saturated rings. The maximum Gasteiger partial charge on any atom is 0.342 e. The van der Waals surface area contributed by atoms with Crippen molar-refractivity contribution in [3.63, 3.8) is 0 Å². The van der Waals surface area contributed by atoms with E-state index in [1.807, 2.05) is 12.1 Å². The highest BCUT2D eigenvalue weighted by Crippen LogP contribution is 2.50. The van der Waals surface area contributed by atoms with Gasteiger partial charge in [-0.05, 0) is 31.5 Å². The van der Waals surface area contributed by atoms with Gasteiger partial charge in [0.1, 0.15) is 28.4 Å². The fourth-order valence-corrected chi connectivity index (χ4v) is 5.84. The first kappa shape index (κ1) is 22.6. The minimum Gasteiger partial charge on any atom is -0.506 e. The maximum atomic E-state index is 12.2. The number of hydrogen-bond acceptors (Lipinski definition) is 9. The van der Waals surface area contributed by atoms with Crippen molar-refractivity contribution >= 4 is 34.6 Å². The van der Waals surface area contributed by atoms with Crippen LogP contribution in [0.2, 0.25) is 0 Å². The number of methoxy groups -OCH3 is 3. The number of carbonyl (C=O) groups excluding carboxylic acids is 2. The molecule has 0 bridgehead atoms. The number of rotatable bonds is 6. The molecule has 0 spiro atoms. The molecular weight excluding hydrogens is 440 g/mol. The molecule has 0 aliphatic carbocycles. The molecule has 2 N–H and O–H groups in total. The van der Waals surface area contributed by atoms with Crippen LogP contribution in [0.3, 0.4) is 0 Å². The molecule has 2 heterocycles. The lowest BCUT2D eigenvalue weighted by atomic mass is 9.93. The summed E-state index contributed by atoms with van der Waals surface area (Å²) >= 11 is 2.46. The standard InChI is InChI=1S/C22H22O7S2/c1-10-14(21(25)28-4)17(23)19(30-10)16(12-6-8-13(27-3)9-7-12)20-18(24)15(11(2)31-20)22(26)29-5/h6-9,16,23-24H,1-5H3. The van der Waals surface area contributed by atoms with Gasteiger partial charge in [-0.15, -0.1) is 22.7 Å². The molecule has 0 saturated heterocycles. The van der Waals surface area contributed by atoms with Gasteiger partial charge >= 0.3 is 11.9 Å². The molecule has 164 valence electrons. The van der Waals surface area contributed by atoms with Crippen molar-refractivity contribution in [1.29, 1.82) is 0 Å². The van der Waals surface area contributed by atoms with Crippen LogP contribution in [0.15, 0.2) is 24.3 Å². The fraction of sp³-hybridized carbons (Fsp3) is 0.273. The van der Waals surface area contributed by atoms with Gasteiger partial charge in [-0.1, -0.05) is 12.1 Å². The molecular formula is C22H22O7S2. The van der Waals surface area contributed by atoms with E-state index >= 15 is 0 Å². The molecule has 0 aliphatic rings. The summed E-state index contributed by atoms with van der Waals surface area (Å²) in [6.45, 7) is 3.43. The molecule has 9 heteroatoms. The van der Waals surface area contributed by atoms with Crippen LogP contribution < -0.4 is 4.74 Å². The Morgan fingerprint density at radius 3 is 1.58 bits per heavy atom. The minimum atomic E-state index is -0.646. The van der Waals surface area contributed by atoms with Gasteiger partial charge in [0.25, 0.3) is 0 Å².